The Bertz CT molecular complexity index is 1020. The van der Waals surface area contributed by atoms with E-state index in [1.807, 2.05) is 57.2 Å². The van der Waals surface area contributed by atoms with Gasteiger partial charge in [-0.3, -0.25) is 9.59 Å². The summed E-state index contributed by atoms with van der Waals surface area (Å²) in [5.74, 6) is 0.0583. The summed E-state index contributed by atoms with van der Waals surface area (Å²) >= 11 is 0. The molecule has 2 aromatic carbocycles. The molecule has 3 rings (SSSR count). The van der Waals surface area contributed by atoms with Gasteiger partial charge in [0.25, 0.3) is 0 Å². The third-order valence-corrected chi connectivity index (χ3v) is 4.78. The normalized spacial score (nSPS) is 11.9. The number of benzene rings is 2. The van der Waals surface area contributed by atoms with Crippen LogP contribution in [0.25, 0.3) is 11.5 Å². The number of ketones is 1. The lowest BCUT2D eigenvalue weighted by atomic mass is 10.0. The molecule has 0 saturated heterocycles. The number of Topliss-reactive ketones (excluding diaryl/α,β-unsaturated/α-hetero) is 1. The van der Waals surface area contributed by atoms with Crippen molar-refractivity contribution >= 4 is 11.8 Å². The average Bonchev–Trinajstić information content (AvgIpc) is 3.17. The van der Waals surface area contributed by atoms with E-state index in [-0.39, 0.29) is 18.6 Å². The molecule has 3 aromatic rings. The topological polar surface area (TPSA) is 82.3 Å². The Morgan fingerprint density at radius 1 is 1.00 bits per heavy atom. The molecule has 6 heteroatoms. The Kier molecular flexibility index (Phi) is 6.22. The number of aromatic nitrogens is 2. The van der Waals surface area contributed by atoms with E-state index in [0.717, 1.165) is 22.3 Å². The quantitative estimate of drug-likeness (QED) is 0.438. The van der Waals surface area contributed by atoms with Gasteiger partial charge in [0.05, 0.1) is 6.42 Å². The fourth-order valence-corrected chi connectivity index (χ4v) is 2.82. The summed E-state index contributed by atoms with van der Waals surface area (Å²) in [5, 5.41) is 7.99. The van der Waals surface area contributed by atoms with Crippen LogP contribution < -0.4 is 0 Å². The summed E-state index contributed by atoms with van der Waals surface area (Å²) in [5.41, 5.74) is 4.63. The van der Waals surface area contributed by atoms with Gasteiger partial charge in [-0.2, -0.15) is 0 Å². The first-order valence-electron chi connectivity index (χ1n) is 9.54. The maximum atomic E-state index is 12.5. The van der Waals surface area contributed by atoms with Gasteiger partial charge in [0, 0.05) is 17.5 Å². The van der Waals surface area contributed by atoms with E-state index in [0.29, 0.717) is 17.3 Å². The van der Waals surface area contributed by atoms with Gasteiger partial charge >= 0.3 is 5.97 Å². The van der Waals surface area contributed by atoms with Crippen LogP contribution in [0.2, 0.25) is 0 Å². The highest BCUT2D eigenvalue weighted by molar-refractivity contribution is 6.00. The molecule has 0 aliphatic carbocycles. The summed E-state index contributed by atoms with van der Waals surface area (Å²) in [4.78, 5) is 24.6. The lowest BCUT2D eigenvalue weighted by Crippen LogP contribution is -2.24. The van der Waals surface area contributed by atoms with Gasteiger partial charge in [-0.25, -0.2) is 0 Å². The number of carbonyl (C=O) groups is 2. The second kappa shape index (κ2) is 8.82. The fraction of sp³-hybridized carbons (Fsp3) is 0.304. The largest absolute Gasteiger partial charge is 0.454 e. The van der Waals surface area contributed by atoms with Crippen LogP contribution in [0.3, 0.4) is 0 Å². The molecule has 1 heterocycles. The second-order valence-corrected chi connectivity index (χ2v) is 7.16. The Labute approximate surface area is 169 Å². The molecule has 150 valence electrons. The molecule has 0 saturated carbocycles. The van der Waals surface area contributed by atoms with Crippen LogP contribution in [0.4, 0.5) is 0 Å². The lowest BCUT2D eigenvalue weighted by molar-refractivity contribution is -0.146. The number of ether oxygens (including phenoxy) is 1. The van der Waals surface area contributed by atoms with E-state index < -0.39 is 12.1 Å². The zero-order valence-corrected chi connectivity index (χ0v) is 17.1. The van der Waals surface area contributed by atoms with Crippen molar-refractivity contribution in [2.75, 3.05) is 0 Å². The van der Waals surface area contributed by atoms with Crippen molar-refractivity contribution in [2.45, 2.75) is 46.6 Å². The van der Waals surface area contributed by atoms with Crippen LogP contribution in [-0.2, 0) is 16.0 Å². The minimum absolute atomic E-state index is 0.0556. The number of hydrogen-bond acceptors (Lipinski definition) is 6. The molecule has 0 aliphatic heterocycles. The molecule has 0 aliphatic rings. The van der Waals surface area contributed by atoms with Crippen molar-refractivity contribution < 1.29 is 18.7 Å². The Morgan fingerprint density at radius 2 is 1.72 bits per heavy atom. The van der Waals surface area contributed by atoms with E-state index in [2.05, 4.69) is 10.2 Å². The highest BCUT2D eigenvalue weighted by Crippen LogP contribution is 2.19. The molecule has 0 fully saturated rings. The molecule has 6 nitrogen and oxygen atoms in total. The third-order valence-electron chi connectivity index (χ3n) is 4.78. The van der Waals surface area contributed by atoms with E-state index in [4.69, 9.17) is 9.15 Å². The van der Waals surface area contributed by atoms with Crippen LogP contribution in [0, 0.1) is 20.8 Å². The smallest absolute Gasteiger partial charge is 0.307 e. The molecule has 1 aromatic heterocycles. The summed E-state index contributed by atoms with van der Waals surface area (Å²) in [6, 6.07) is 13.2. The van der Waals surface area contributed by atoms with Crippen LogP contribution >= 0.6 is 0 Å². The minimum Gasteiger partial charge on any atom is -0.454 e. The first-order valence-corrected chi connectivity index (χ1v) is 9.54. The number of esters is 1. The van der Waals surface area contributed by atoms with Crippen molar-refractivity contribution in [3.05, 3.63) is 70.6 Å². The summed E-state index contributed by atoms with van der Waals surface area (Å²) in [7, 11) is 0. The van der Waals surface area contributed by atoms with Crippen LogP contribution in [0.5, 0.6) is 0 Å². The van der Waals surface area contributed by atoms with Gasteiger partial charge in [0.1, 0.15) is 0 Å². The van der Waals surface area contributed by atoms with Crippen molar-refractivity contribution in [2.24, 2.45) is 0 Å². The number of aryl methyl sites for hydroxylation is 4. The average molecular weight is 392 g/mol. The number of nitrogens with zero attached hydrogens (tertiary/aromatic N) is 2. The first-order chi connectivity index (χ1) is 13.8. The Balaban J connectivity index is 1.53. The van der Waals surface area contributed by atoms with E-state index in [9.17, 15) is 9.59 Å². The summed E-state index contributed by atoms with van der Waals surface area (Å²) < 4.78 is 10.9. The van der Waals surface area contributed by atoms with Crippen molar-refractivity contribution in [1.29, 1.82) is 0 Å². The van der Waals surface area contributed by atoms with E-state index in [1.54, 1.807) is 13.0 Å². The van der Waals surface area contributed by atoms with Crippen LogP contribution in [0.15, 0.2) is 46.9 Å². The monoisotopic (exact) mass is 392 g/mol. The molecule has 0 N–H and O–H groups in total. The fourth-order valence-electron chi connectivity index (χ4n) is 2.82. The molecule has 1 atom stereocenters. The summed E-state index contributed by atoms with van der Waals surface area (Å²) in [6.45, 7) is 7.50. The van der Waals surface area contributed by atoms with Gasteiger partial charge in [-0.15, -0.1) is 10.2 Å². The zero-order valence-electron chi connectivity index (χ0n) is 17.1. The van der Waals surface area contributed by atoms with Gasteiger partial charge in [-0.1, -0.05) is 29.8 Å². The lowest BCUT2D eigenvalue weighted by Gasteiger charge is -2.13. The zero-order chi connectivity index (χ0) is 21.0. The number of hydrogen-bond donors (Lipinski definition) is 0. The Hall–Kier alpha value is -3.28. The van der Waals surface area contributed by atoms with Gasteiger partial charge in [0.2, 0.25) is 17.6 Å². The van der Waals surface area contributed by atoms with E-state index >= 15 is 0 Å². The minimum atomic E-state index is -0.851. The van der Waals surface area contributed by atoms with E-state index in [1.165, 1.54) is 0 Å². The molecule has 1 unspecified atom stereocenters. The maximum absolute atomic E-state index is 12.5. The SMILES string of the molecule is Cc1ccc(-c2nnc(CCC(=O)OC(C)C(=O)c3ccc(C)c(C)c3)o2)cc1. The molecule has 0 radical (unpaired) electrons. The number of carbonyl (C=O) groups excluding carboxylic acids is 2. The van der Waals surface area contributed by atoms with Gasteiger partial charge in [0.15, 0.2) is 6.10 Å². The molecule has 0 spiro atoms. The van der Waals surface area contributed by atoms with Gasteiger partial charge < -0.3 is 9.15 Å². The molecule has 0 amide bonds. The van der Waals surface area contributed by atoms with Crippen molar-refractivity contribution in [3.63, 3.8) is 0 Å². The third kappa shape index (κ3) is 5.16. The maximum Gasteiger partial charge on any atom is 0.307 e. The molecule has 29 heavy (non-hydrogen) atoms. The van der Waals surface area contributed by atoms with Gasteiger partial charge in [-0.05, 0) is 57.0 Å². The predicted octanol–water partition coefficient (Wildman–Crippen LogP) is 4.41. The van der Waals surface area contributed by atoms with Crippen LogP contribution in [0.1, 0.15) is 46.3 Å². The predicted molar refractivity (Wildman–Crippen MR) is 109 cm³/mol. The highest BCUT2D eigenvalue weighted by atomic mass is 16.5. The van der Waals surface area contributed by atoms with Crippen molar-refractivity contribution in [1.82, 2.24) is 10.2 Å². The summed E-state index contributed by atoms with van der Waals surface area (Å²) in [6.07, 6.45) is -0.544. The van der Waals surface area contributed by atoms with Crippen LogP contribution in [-0.4, -0.2) is 28.1 Å². The second-order valence-electron chi connectivity index (χ2n) is 7.16. The molecular formula is C23H24N2O4. The molecular weight excluding hydrogens is 368 g/mol. The Morgan fingerprint density at radius 3 is 2.41 bits per heavy atom. The molecule has 0 bridgehead atoms. The van der Waals surface area contributed by atoms with Crippen molar-refractivity contribution in [3.8, 4) is 11.5 Å². The first kappa shape index (κ1) is 20.5. The standard InChI is InChI=1S/C23H24N2O4/c1-14-5-8-18(9-6-14)23-25-24-20(29-23)11-12-21(26)28-17(4)22(27)19-10-7-15(2)16(3)13-19/h5-10,13,17H,11-12H2,1-4H3. The number of rotatable bonds is 7. The highest BCUT2D eigenvalue weighted by Gasteiger charge is 2.20.